The summed E-state index contributed by atoms with van der Waals surface area (Å²) in [6.45, 7) is 0. The van der Waals surface area contributed by atoms with E-state index in [-0.39, 0.29) is 5.56 Å². The molecular weight excluding hydrogens is 330 g/mol. The van der Waals surface area contributed by atoms with Crippen molar-refractivity contribution in [3.63, 3.8) is 0 Å². The Morgan fingerprint density at radius 2 is 1.79 bits per heavy atom. The van der Waals surface area contributed by atoms with E-state index in [9.17, 15) is 14.4 Å². The molecule has 0 aliphatic carbocycles. The van der Waals surface area contributed by atoms with Gasteiger partial charge in [-0.25, -0.2) is 9.36 Å². The molecule has 0 aliphatic heterocycles. The van der Waals surface area contributed by atoms with Gasteiger partial charge in [0.05, 0.1) is 5.69 Å². The van der Waals surface area contributed by atoms with E-state index in [0.29, 0.717) is 16.4 Å². The van der Waals surface area contributed by atoms with E-state index in [1.54, 1.807) is 54.6 Å². The van der Waals surface area contributed by atoms with E-state index >= 15 is 0 Å². The van der Waals surface area contributed by atoms with Crippen molar-refractivity contribution >= 4 is 23.2 Å². The second-order valence-electron chi connectivity index (χ2n) is 4.95. The Balaban J connectivity index is 2.02. The molecule has 1 heterocycles. The molecule has 2 N–H and O–H groups in total. The summed E-state index contributed by atoms with van der Waals surface area (Å²) < 4.78 is 0.910. The fourth-order valence-corrected chi connectivity index (χ4v) is 2.40. The zero-order chi connectivity index (χ0) is 17.1. The van der Waals surface area contributed by atoms with Crippen molar-refractivity contribution in [3.05, 3.63) is 92.2 Å². The number of aromatic amines is 1. The van der Waals surface area contributed by atoms with Gasteiger partial charge in [-0.3, -0.25) is 9.59 Å². The zero-order valence-corrected chi connectivity index (χ0v) is 13.1. The molecular formula is C17H12ClN3O3. The van der Waals surface area contributed by atoms with E-state index < -0.39 is 17.2 Å². The average Bonchev–Trinajstić information content (AvgIpc) is 2.56. The van der Waals surface area contributed by atoms with E-state index in [1.807, 2.05) is 0 Å². The van der Waals surface area contributed by atoms with Crippen LogP contribution in [0.25, 0.3) is 5.69 Å². The maximum absolute atomic E-state index is 12.5. The monoisotopic (exact) mass is 341 g/mol. The van der Waals surface area contributed by atoms with Crippen molar-refractivity contribution < 1.29 is 4.79 Å². The van der Waals surface area contributed by atoms with Crippen LogP contribution < -0.4 is 16.6 Å². The number of hydrogen-bond acceptors (Lipinski definition) is 3. The molecule has 0 saturated carbocycles. The highest BCUT2D eigenvalue weighted by Crippen LogP contribution is 2.15. The highest BCUT2D eigenvalue weighted by Gasteiger charge is 2.16. The van der Waals surface area contributed by atoms with Gasteiger partial charge in [-0.1, -0.05) is 35.9 Å². The molecule has 0 bridgehead atoms. The van der Waals surface area contributed by atoms with Crippen LogP contribution >= 0.6 is 11.6 Å². The molecule has 7 heteroatoms. The summed E-state index contributed by atoms with van der Waals surface area (Å²) in [7, 11) is 0. The van der Waals surface area contributed by atoms with E-state index in [2.05, 4.69) is 10.3 Å². The van der Waals surface area contributed by atoms with Gasteiger partial charge in [0.1, 0.15) is 5.56 Å². The normalized spacial score (nSPS) is 10.4. The molecule has 120 valence electrons. The van der Waals surface area contributed by atoms with Crippen molar-refractivity contribution in [1.82, 2.24) is 9.55 Å². The molecule has 1 aromatic heterocycles. The molecule has 0 fully saturated rings. The predicted molar refractivity (Wildman–Crippen MR) is 92.1 cm³/mol. The van der Waals surface area contributed by atoms with Crippen LogP contribution in [0.15, 0.2) is 70.4 Å². The van der Waals surface area contributed by atoms with Gasteiger partial charge >= 0.3 is 5.69 Å². The summed E-state index contributed by atoms with van der Waals surface area (Å²) in [6, 6.07) is 14.9. The van der Waals surface area contributed by atoms with Crippen molar-refractivity contribution in [1.29, 1.82) is 0 Å². The molecule has 1 amide bonds. The number of anilines is 1. The largest absolute Gasteiger partial charge is 0.333 e. The van der Waals surface area contributed by atoms with E-state index in [1.165, 1.54) is 0 Å². The minimum absolute atomic E-state index is 0.182. The first-order chi connectivity index (χ1) is 11.6. The Hall–Kier alpha value is -3.12. The lowest BCUT2D eigenvalue weighted by atomic mass is 10.2. The summed E-state index contributed by atoms with van der Waals surface area (Å²) in [6.07, 6.45) is 1.10. The molecule has 0 aliphatic rings. The third kappa shape index (κ3) is 3.13. The van der Waals surface area contributed by atoms with Gasteiger partial charge in [0.2, 0.25) is 0 Å². The van der Waals surface area contributed by atoms with Gasteiger partial charge in [0, 0.05) is 16.9 Å². The number of hydrogen-bond donors (Lipinski definition) is 2. The van der Waals surface area contributed by atoms with E-state index in [0.717, 1.165) is 10.8 Å². The first-order valence-electron chi connectivity index (χ1n) is 7.03. The highest BCUT2D eigenvalue weighted by molar-refractivity contribution is 6.30. The van der Waals surface area contributed by atoms with Crippen LogP contribution in [0.4, 0.5) is 5.69 Å². The smallest absolute Gasteiger partial charge is 0.322 e. The zero-order valence-electron chi connectivity index (χ0n) is 12.3. The van der Waals surface area contributed by atoms with Crippen LogP contribution in [0, 0.1) is 0 Å². The maximum atomic E-state index is 12.5. The minimum Gasteiger partial charge on any atom is -0.322 e. The summed E-state index contributed by atoms with van der Waals surface area (Å²) >= 11 is 5.87. The summed E-state index contributed by atoms with van der Waals surface area (Å²) in [5.74, 6) is -0.636. The van der Waals surface area contributed by atoms with Crippen molar-refractivity contribution in [2.45, 2.75) is 0 Å². The van der Waals surface area contributed by atoms with Crippen LogP contribution in [0.3, 0.4) is 0 Å². The Morgan fingerprint density at radius 1 is 1.04 bits per heavy atom. The molecule has 2 aromatic carbocycles. The lowest BCUT2D eigenvalue weighted by molar-refractivity contribution is 0.102. The van der Waals surface area contributed by atoms with Crippen molar-refractivity contribution in [2.75, 3.05) is 5.32 Å². The number of carbonyl (C=O) groups is 1. The molecule has 0 unspecified atom stereocenters. The molecule has 6 nitrogen and oxygen atoms in total. The van der Waals surface area contributed by atoms with E-state index in [4.69, 9.17) is 11.6 Å². The lowest BCUT2D eigenvalue weighted by Gasteiger charge is -2.08. The number of para-hydroxylation sites is 1. The molecule has 3 aromatic rings. The Kier molecular flexibility index (Phi) is 4.31. The number of H-pyrrole nitrogens is 1. The van der Waals surface area contributed by atoms with Crippen molar-refractivity contribution in [2.24, 2.45) is 0 Å². The number of aromatic nitrogens is 2. The second-order valence-corrected chi connectivity index (χ2v) is 5.38. The standard InChI is InChI=1S/C17H12ClN3O3/c18-11-5-4-6-12(9-11)20-15(22)14-10-19-17(24)21(16(14)23)13-7-2-1-3-8-13/h1-10H,(H,19,24)(H,20,22). The number of benzene rings is 2. The fourth-order valence-electron chi connectivity index (χ4n) is 2.21. The van der Waals surface area contributed by atoms with Gasteiger partial charge in [0.25, 0.3) is 11.5 Å². The van der Waals surface area contributed by atoms with Crippen molar-refractivity contribution in [3.8, 4) is 5.69 Å². The Morgan fingerprint density at radius 3 is 2.50 bits per heavy atom. The van der Waals surface area contributed by atoms with Gasteiger partial charge in [-0.15, -0.1) is 0 Å². The molecule has 24 heavy (non-hydrogen) atoms. The highest BCUT2D eigenvalue weighted by atomic mass is 35.5. The van der Waals surface area contributed by atoms with Gasteiger partial charge in [-0.05, 0) is 30.3 Å². The molecule has 0 radical (unpaired) electrons. The number of nitrogens with zero attached hydrogens (tertiary/aromatic N) is 1. The topological polar surface area (TPSA) is 84.0 Å². The number of halogens is 1. The average molecular weight is 342 g/mol. The SMILES string of the molecule is O=C(Nc1cccc(Cl)c1)c1c[nH]c(=O)n(-c2ccccc2)c1=O. The summed E-state index contributed by atoms with van der Waals surface area (Å²) in [5, 5.41) is 3.03. The fraction of sp³-hybridized carbons (Fsp3) is 0. The maximum Gasteiger partial charge on any atom is 0.333 e. The third-order valence-corrected chi connectivity index (χ3v) is 3.55. The predicted octanol–water partition coefficient (Wildman–Crippen LogP) is 2.43. The number of carbonyl (C=O) groups excluding carboxylic acids is 1. The lowest BCUT2D eigenvalue weighted by Crippen LogP contribution is -2.38. The van der Waals surface area contributed by atoms with Gasteiger partial charge in [-0.2, -0.15) is 0 Å². The van der Waals surface area contributed by atoms with Crippen LogP contribution in [-0.2, 0) is 0 Å². The van der Waals surface area contributed by atoms with Crippen LogP contribution in [-0.4, -0.2) is 15.5 Å². The van der Waals surface area contributed by atoms with Gasteiger partial charge < -0.3 is 10.3 Å². The molecule has 0 saturated heterocycles. The third-order valence-electron chi connectivity index (χ3n) is 3.32. The molecule has 0 spiro atoms. The summed E-state index contributed by atoms with van der Waals surface area (Å²) in [5.41, 5.74) is -0.682. The number of rotatable bonds is 3. The Labute approximate surface area is 141 Å². The van der Waals surface area contributed by atoms with Crippen LogP contribution in [0.5, 0.6) is 0 Å². The van der Waals surface area contributed by atoms with Crippen LogP contribution in [0.2, 0.25) is 5.02 Å². The molecule has 0 atom stereocenters. The second kappa shape index (κ2) is 6.55. The number of nitrogens with one attached hydrogen (secondary N) is 2. The van der Waals surface area contributed by atoms with Gasteiger partial charge in [0.15, 0.2) is 0 Å². The van der Waals surface area contributed by atoms with Crippen LogP contribution in [0.1, 0.15) is 10.4 Å². The minimum atomic E-state index is -0.704. The Bertz CT molecular complexity index is 1010. The number of amides is 1. The quantitative estimate of drug-likeness (QED) is 0.767. The first kappa shape index (κ1) is 15.8. The molecule has 3 rings (SSSR count). The summed E-state index contributed by atoms with van der Waals surface area (Å²) in [4.78, 5) is 39.3. The first-order valence-corrected chi connectivity index (χ1v) is 7.41.